The van der Waals surface area contributed by atoms with Crippen LogP contribution in [0.4, 0.5) is 4.79 Å². The van der Waals surface area contributed by atoms with Crippen LogP contribution in [-0.2, 0) is 47.6 Å². The van der Waals surface area contributed by atoms with E-state index < -0.39 is 149 Å². The number of nitrogens with one attached hydrogen (secondary N) is 2. The van der Waals surface area contributed by atoms with Crippen LogP contribution in [0.5, 0.6) is 0 Å². The first-order valence-electron chi connectivity index (χ1n) is 21.3. The van der Waals surface area contributed by atoms with Gasteiger partial charge in [0.1, 0.15) is 41.2 Å². The molecule has 0 aromatic rings. The van der Waals surface area contributed by atoms with E-state index in [1.165, 1.54) is 25.1 Å². The summed E-state index contributed by atoms with van der Waals surface area (Å²) in [6.07, 6.45) is -5.20. The maximum Gasteiger partial charge on any atom is 0.405 e. The van der Waals surface area contributed by atoms with Crippen molar-refractivity contribution >= 4 is 52.9 Å². The molecule has 4 heterocycles. The first-order chi connectivity index (χ1) is 29.5. The fourth-order valence-corrected chi connectivity index (χ4v) is 10.7. The van der Waals surface area contributed by atoms with Gasteiger partial charge in [-0.2, -0.15) is 0 Å². The number of nitrogens with zero attached hydrogens (tertiary/aromatic N) is 1. The molecule has 7 N–H and O–H groups in total. The number of rotatable bonds is 11. The number of carbonyl (C=O) groups is 5. The maximum atomic E-state index is 14.8. The number of nitrogens with two attached hydrogens (primary N) is 1. The monoisotopic (exact) mass is 926 g/mol. The number of fused-ring (bicyclic) bond motifs is 1. The van der Waals surface area contributed by atoms with Gasteiger partial charge in [0.05, 0.1) is 34.8 Å². The third-order valence-corrected chi connectivity index (χ3v) is 14.4. The van der Waals surface area contributed by atoms with E-state index in [4.69, 9.17) is 57.4 Å². The number of halogens is 2. The number of alkyl halides is 1. The Hall–Kier alpha value is -3.75. The number of amides is 3. The molecular formula is C43H60Cl2N4O14. The van der Waals surface area contributed by atoms with E-state index >= 15 is 0 Å². The van der Waals surface area contributed by atoms with Gasteiger partial charge in [0, 0.05) is 38.5 Å². The van der Waals surface area contributed by atoms with Crippen LogP contribution in [0.25, 0.3) is 0 Å². The van der Waals surface area contributed by atoms with E-state index in [-0.39, 0.29) is 17.4 Å². The van der Waals surface area contributed by atoms with Crippen LogP contribution in [-0.4, -0.2) is 141 Å². The van der Waals surface area contributed by atoms with E-state index in [2.05, 4.69) is 17.2 Å². The number of ether oxygens (including phenoxy) is 6. The second-order valence-corrected chi connectivity index (χ2v) is 18.8. The fourth-order valence-electron chi connectivity index (χ4n) is 10.3. The number of allylic oxidation sites excluding steroid dienone is 3. The third kappa shape index (κ3) is 9.11. The van der Waals surface area contributed by atoms with Crippen molar-refractivity contribution in [1.29, 1.82) is 0 Å². The highest BCUT2D eigenvalue weighted by Crippen LogP contribution is 2.51. The molecule has 18 nitrogen and oxygen atoms in total. The zero-order valence-electron chi connectivity index (χ0n) is 36.6. The number of esters is 1. The summed E-state index contributed by atoms with van der Waals surface area (Å²) in [5.74, 6) is -5.80. The van der Waals surface area contributed by atoms with Crippen LogP contribution < -0.4 is 16.4 Å². The predicted octanol–water partition coefficient (Wildman–Crippen LogP) is 2.57. The van der Waals surface area contributed by atoms with Gasteiger partial charge in [0.2, 0.25) is 5.91 Å². The number of aliphatic hydroxyl groups excluding tert-OH is 2. The Morgan fingerprint density at radius 3 is 2.35 bits per heavy atom. The molecule has 6 aliphatic rings. The summed E-state index contributed by atoms with van der Waals surface area (Å²) in [5, 5.41) is 40.6. The number of Topliss-reactive ketones (excluding diaryl/α,β-unsaturated/α-hetero) is 1. The minimum Gasteiger partial charge on any atom is -0.511 e. The van der Waals surface area contributed by atoms with Crippen LogP contribution in [0.3, 0.4) is 0 Å². The molecule has 0 radical (unpaired) electrons. The second-order valence-electron chi connectivity index (χ2n) is 17.9. The zero-order chi connectivity index (χ0) is 46.6. The highest BCUT2D eigenvalue weighted by molar-refractivity contribution is 6.38. The highest BCUT2D eigenvalue weighted by Gasteiger charge is 2.59. The highest BCUT2D eigenvalue weighted by atomic mass is 35.5. The van der Waals surface area contributed by atoms with E-state index in [0.29, 0.717) is 12.8 Å². The second kappa shape index (κ2) is 19.0. The number of hydrogen-bond acceptors (Lipinski definition) is 15. The van der Waals surface area contributed by atoms with Gasteiger partial charge in [-0.1, -0.05) is 56.7 Å². The normalized spacial score (nSPS) is 41.7. The van der Waals surface area contributed by atoms with Crippen molar-refractivity contribution in [3.05, 3.63) is 46.9 Å². The van der Waals surface area contributed by atoms with Gasteiger partial charge in [-0.05, 0) is 51.4 Å². The minimum absolute atomic E-state index is 0.220. The summed E-state index contributed by atoms with van der Waals surface area (Å²) in [7, 11) is 1.29. The molecule has 0 aromatic heterocycles. The number of methoxy groups -OCH3 is 1. The first-order valence-corrected chi connectivity index (χ1v) is 22.1. The number of hydrogen-bond donors (Lipinski definition) is 6. The molecule has 0 bridgehead atoms. The summed E-state index contributed by atoms with van der Waals surface area (Å²) in [6, 6.07) is -3.02. The van der Waals surface area contributed by atoms with Gasteiger partial charge in [0.25, 0.3) is 5.91 Å². The summed E-state index contributed by atoms with van der Waals surface area (Å²) in [4.78, 5) is 67.8. The largest absolute Gasteiger partial charge is 0.511 e. The Morgan fingerprint density at radius 1 is 1.08 bits per heavy atom. The van der Waals surface area contributed by atoms with Crippen LogP contribution in [0.1, 0.15) is 67.7 Å². The SMILES string of the molecule is C=C1CCC(OC2CC(O)(C(C)NC(=O)C3NC=C(Cl)C3Cl)C(O)C(C)O2)C2C=CC(C)C(/C(O)=C3\C(=O)C(C(C)C)N(C4OC(C)C(OC(N)=O)C(OC(C)=O)C4OC)C3=O)C12. The molecule has 2 aliphatic carbocycles. The molecule has 3 amide bonds. The number of carbonyl (C=O) groups excluding carboxylic acids is 5. The number of aliphatic hydroxyl groups is 3. The Kier molecular flexibility index (Phi) is 14.7. The van der Waals surface area contributed by atoms with Crippen molar-refractivity contribution in [2.45, 2.75) is 152 Å². The average Bonchev–Trinajstić information content (AvgIpc) is 3.68. The minimum atomic E-state index is -1.90. The van der Waals surface area contributed by atoms with Crippen LogP contribution in [0.2, 0.25) is 0 Å². The molecule has 0 aromatic carbocycles. The van der Waals surface area contributed by atoms with Crippen molar-refractivity contribution in [1.82, 2.24) is 15.5 Å². The molecule has 18 unspecified atom stereocenters. The molecule has 20 heteroatoms. The van der Waals surface area contributed by atoms with Crippen molar-refractivity contribution in [2.75, 3.05) is 7.11 Å². The Morgan fingerprint density at radius 2 is 1.76 bits per heavy atom. The first kappa shape index (κ1) is 48.7. The predicted molar refractivity (Wildman–Crippen MR) is 225 cm³/mol. The molecule has 63 heavy (non-hydrogen) atoms. The van der Waals surface area contributed by atoms with Crippen molar-refractivity contribution < 1.29 is 67.7 Å². The topological polar surface area (TPSA) is 255 Å². The van der Waals surface area contributed by atoms with Gasteiger partial charge in [-0.15, -0.1) is 11.6 Å². The molecule has 3 saturated heterocycles. The lowest BCUT2D eigenvalue weighted by molar-refractivity contribution is -0.296. The summed E-state index contributed by atoms with van der Waals surface area (Å²) < 4.78 is 35.6. The summed E-state index contributed by atoms with van der Waals surface area (Å²) in [6.45, 7) is 15.6. The number of likely N-dealkylation sites (tertiary alicyclic amines) is 1. The standard InChI is InChI=1S/C43H60Cl2N4O14/c1-16(2)32-34(52)29(40(55)49(32)41-37(58-9)36(61-22(8)50)35(19(5)60-41)63-42(46)56)33(51)28-18(4)10-12-23-25(13-11-17(3)27(23)28)62-26-14-43(57,38(53)20(6)59-26)21(7)48-39(54)31-30(45)24(44)15-47-31/h10,12,15-16,18-21,23,25-28,30-32,35-38,41,47,51,53,57H,3,11,13-14H2,1-2,4-9H3,(H2,46,56)(H,48,54)/b33-29-. The quantitative estimate of drug-likeness (QED) is 0.0435. The fraction of sp³-hybridized carbons (Fsp3) is 0.698. The summed E-state index contributed by atoms with van der Waals surface area (Å²) >= 11 is 12.4. The molecule has 1 saturated carbocycles. The van der Waals surface area contributed by atoms with Crippen molar-refractivity contribution in [3.63, 3.8) is 0 Å². The van der Waals surface area contributed by atoms with Crippen molar-refractivity contribution in [2.24, 2.45) is 35.3 Å². The molecule has 18 atom stereocenters. The van der Waals surface area contributed by atoms with Gasteiger partial charge < -0.3 is 60.1 Å². The summed E-state index contributed by atoms with van der Waals surface area (Å²) in [5.41, 5.74) is 3.78. The lowest BCUT2D eigenvalue weighted by atomic mass is 9.61. The maximum absolute atomic E-state index is 14.8. The van der Waals surface area contributed by atoms with Crippen LogP contribution >= 0.6 is 23.2 Å². The third-order valence-electron chi connectivity index (χ3n) is 13.5. The zero-order valence-corrected chi connectivity index (χ0v) is 38.1. The Balaban J connectivity index is 1.27. The molecule has 6 rings (SSSR count). The van der Waals surface area contributed by atoms with Crippen molar-refractivity contribution in [3.8, 4) is 0 Å². The lowest BCUT2D eigenvalue weighted by Gasteiger charge is -2.50. The number of primary amides is 1. The molecule has 350 valence electrons. The van der Waals surface area contributed by atoms with Gasteiger partial charge in [0.15, 0.2) is 30.5 Å². The molecule has 4 aliphatic heterocycles. The van der Waals surface area contributed by atoms with E-state index in [0.717, 1.165) is 12.5 Å². The molecule has 0 spiro atoms. The van der Waals surface area contributed by atoms with Crippen LogP contribution in [0.15, 0.2) is 46.9 Å². The van der Waals surface area contributed by atoms with Gasteiger partial charge in [-0.25, -0.2) is 4.79 Å². The van der Waals surface area contributed by atoms with E-state index in [1.54, 1.807) is 27.7 Å². The average molecular weight is 928 g/mol. The molecule has 4 fully saturated rings. The lowest BCUT2D eigenvalue weighted by Crippen LogP contribution is -2.67. The Labute approximate surface area is 376 Å². The van der Waals surface area contributed by atoms with E-state index in [1.807, 2.05) is 19.1 Å². The molecular weight excluding hydrogens is 867 g/mol. The van der Waals surface area contributed by atoms with Gasteiger partial charge >= 0.3 is 12.1 Å². The van der Waals surface area contributed by atoms with E-state index in [9.17, 15) is 39.3 Å². The van der Waals surface area contributed by atoms with Crippen LogP contribution in [0, 0.1) is 29.6 Å². The van der Waals surface area contributed by atoms with Gasteiger partial charge in [-0.3, -0.25) is 24.1 Å². The number of ketones is 1. The smallest absolute Gasteiger partial charge is 0.405 e. The Bertz CT molecular complexity index is 1930.